The highest BCUT2D eigenvalue weighted by atomic mass is 35.5. The van der Waals surface area contributed by atoms with Crippen molar-refractivity contribution in [2.45, 2.75) is 25.5 Å². The number of nitrogens with zero attached hydrogens (tertiary/aromatic N) is 4. The second-order valence-electron chi connectivity index (χ2n) is 7.62. The van der Waals surface area contributed by atoms with Crippen LogP contribution in [0.1, 0.15) is 18.4 Å². The van der Waals surface area contributed by atoms with Crippen LogP contribution < -0.4 is 11.1 Å². The Hall–Kier alpha value is -3.16. The standard InChI is InChI=1S/C23H23ClN6O/c24-18-11-5-4-10-17(18)20-19-21(25)30(14-15-7-2-1-3-8-15)29-22(19)28-23(27-20)26-13-16-9-6-12-31-16/h1-5,7-8,10-11,16H,6,9,12-14,25H2,(H,26,28,29)/t16-/m0/s1. The third kappa shape index (κ3) is 4.06. The summed E-state index contributed by atoms with van der Waals surface area (Å²) in [7, 11) is 0. The number of rotatable bonds is 6. The van der Waals surface area contributed by atoms with Crippen LogP contribution in [-0.4, -0.2) is 39.0 Å². The topological polar surface area (TPSA) is 90.9 Å². The molecule has 1 aliphatic rings. The minimum atomic E-state index is 0.170. The predicted octanol–water partition coefficient (Wildman–Crippen LogP) is 4.37. The maximum atomic E-state index is 6.54. The Balaban J connectivity index is 1.59. The van der Waals surface area contributed by atoms with Gasteiger partial charge in [-0.05, 0) is 24.5 Å². The molecule has 0 unspecified atom stereocenters. The fraction of sp³-hybridized carbons (Fsp3) is 0.261. The van der Waals surface area contributed by atoms with E-state index in [-0.39, 0.29) is 6.10 Å². The summed E-state index contributed by atoms with van der Waals surface area (Å²) in [5, 5.41) is 9.30. The summed E-state index contributed by atoms with van der Waals surface area (Å²) in [6.07, 6.45) is 2.28. The molecular formula is C23H23ClN6O. The zero-order valence-electron chi connectivity index (χ0n) is 17.0. The maximum Gasteiger partial charge on any atom is 0.225 e. The molecule has 158 valence electrons. The van der Waals surface area contributed by atoms with Crippen molar-refractivity contribution >= 4 is 34.4 Å². The van der Waals surface area contributed by atoms with E-state index in [9.17, 15) is 0 Å². The highest BCUT2D eigenvalue weighted by Crippen LogP contribution is 2.35. The molecule has 5 rings (SSSR count). The Labute approximate surface area is 185 Å². The molecule has 0 aliphatic carbocycles. The average Bonchev–Trinajstić information content (AvgIpc) is 3.41. The van der Waals surface area contributed by atoms with Gasteiger partial charge in [0.15, 0.2) is 5.65 Å². The first-order valence-electron chi connectivity index (χ1n) is 10.4. The van der Waals surface area contributed by atoms with E-state index >= 15 is 0 Å². The van der Waals surface area contributed by atoms with Crippen molar-refractivity contribution in [3.05, 3.63) is 65.2 Å². The van der Waals surface area contributed by atoms with Crippen molar-refractivity contribution in [3.8, 4) is 11.3 Å². The number of anilines is 2. The summed E-state index contributed by atoms with van der Waals surface area (Å²) in [5.41, 5.74) is 9.64. The van der Waals surface area contributed by atoms with Gasteiger partial charge in [-0.3, -0.25) is 0 Å². The highest BCUT2D eigenvalue weighted by molar-refractivity contribution is 6.33. The molecule has 4 aromatic rings. The number of fused-ring (bicyclic) bond motifs is 1. The maximum absolute atomic E-state index is 6.54. The summed E-state index contributed by atoms with van der Waals surface area (Å²) in [6, 6.07) is 17.7. The van der Waals surface area contributed by atoms with Gasteiger partial charge in [0, 0.05) is 23.7 Å². The second-order valence-corrected chi connectivity index (χ2v) is 8.03. The molecule has 7 nitrogen and oxygen atoms in total. The van der Waals surface area contributed by atoms with Crippen molar-refractivity contribution < 1.29 is 4.74 Å². The molecular weight excluding hydrogens is 412 g/mol. The van der Waals surface area contributed by atoms with Gasteiger partial charge < -0.3 is 15.8 Å². The molecule has 0 saturated carbocycles. The molecule has 8 heteroatoms. The van der Waals surface area contributed by atoms with Gasteiger partial charge in [-0.1, -0.05) is 60.1 Å². The lowest BCUT2D eigenvalue weighted by atomic mass is 10.1. The fourth-order valence-electron chi connectivity index (χ4n) is 3.87. The van der Waals surface area contributed by atoms with Gasteiger partial charge >= 0.3 is 0 Å². The number of hydrogen-bond donors (Lipinski definition) is 2. The van der Waals surface area contributed by atoms with Crippen LogP contribution in [0.3, 0.4) is 0 Å². The van der Waals surface area contributed by atoms with Crippen LogP contribution in [0.5, 0.6) is 0 Å². The third-order valence-corrected chi connectivity index (χ3v) is 5.79. The first kappa shape index (κ1) is 19.8. The monoisotopic (exact) mass is 434 g/mol. The van der Waals surface area contributed by atoms with Gasteiger partial charge in [0.2, 0.25) is 5.95 Å². The van der Waals surface area contributed by atoms with E-state index in [0.717, 1.165) is 30.6 Å². The predicted molar refractivity (Wildman–Crippen MR) is 123 cm³/mol. The molecule has 2 aromatic heterocycles. The second kappa shape index (κ2) is 8.53. The zero-order valence-corrected chi connectivity index (χ0v) is 17.7. The van der Waals surface area contributed by atoms with Crippen LogP contribution in [0.15, 0.2) is 54.6 Å². The molecule has 0 radical (unpaired) electrons. The van der Waals surface area contributed by atoms with Crippen LogP contribution in [0, 0.1) is 0 Å². The summed E-state index contributed by atoms with van der Waals surface area (Å²) < 4.78 is 7.47. The lowest BCUT2D eigenvalue weighted by molar-refractivity contribution is 0.120. The Morgan fingerprint density at radius 1 is 1.10 bits per heavy atom. The molecule has 0 amide bonds. The van der Waals surface area contributed by atoms with Crippen LogP contribution in [0.4, 0.5) is 11.8 Å². The fourth-order valence-corrected chi connectivity index (χ4v) is 4.09. The van der Waals surface area contributed by atoms with Crippen LogP contribution in [-0.2, 0) is 11.3 Å². The number of nitrogens with two attached hydrogens (primary N) is 1. The molecule has 1 atom stereocenters. The number of hydrogen-bond acceptors (Lipinski definition) is 6. The zero-order chi connectivity index (χ0) is 21.2. The SMILES string of the molecule is Nc1c2c(-c3ccccc3Cl)nc(NC[C@@H]3CCCO3)nc2nn1Cc1ccccc1. The average molecular weight is 435 g/mol. The lowest BCUT2D eigenvalue weighted by Gasteiger charge is -2.12. The van der Waals surface area contributed by atoms with E-state index in [1.54, 1.807) is 4.68 Å². The van der Waals surface area contributed by atoms with E-state index in [1.165, 1.54) is 0 Å². The number of benzene rings is 2. The molecule has 0 bridgehead atoms. The Morgan fingerprint density at radius 3 is 2.68 bits per heavy atom. The normalized spacial score (nSPS) is 16.1. The summed E-state index contributed by atoms with van der Waals surface area (Å²) >= 11 is 6.51. The van der Waals surface area contributed by atoms with E-state index in [2.05, 4.69) is 10.3 Å². The van der Waals surface area contributed by atoms with Crippen molar-refractivity contribution in [2.75, 3.05) is 24.2 Å². The van der Waals surface area contributed by atoms with Crippen molar-refractivity contribution in [1.29, 1.82) is 0 Å². The highest BCUT2D eigenvalue weighted by Gasteiger charge is 2.21. The van der Waals surface area contributed by atoms with Crippen LogP contribution in [0.2, 0.25) is 5.02 Å². The summed E-state index contributed by atoms with van der Waals surface area (Å²) in [6.45, 7) is 1.99. The van der Waals surface area contributed by atoms with Gasteiger partial charge in [0.05, 0.1) is 23.7 Å². The van der Waals surface area contributed by atoms with Gasteiger partial charge in [-0.15, -0.1) is 5.10 Å². The molecule has 2 aromatic carbocycles. The van der Waals surface area contributed by atoms with Gasteiger partial charge in [-0.2, -0.15) is 4.98 Å². The van der Waals surface area contributed by atoms with E-state index in [1.807, 2.05) is 54.6 Å². The Morgan fingerprint density at radius 2 is 1.90 bits per heavy atom. The lowest BCUT2D eigenvalue weighted by Crippen LogP contribution is -2.19. The Kier molecular flexibility index (Phi) is 5.44. The van der Waals surface area contributed by atoms with Crippen LogP contribution in [0.25, 0.3) is 22.3 Å². The van der Waals surface area contributed by atoms with Crippen LogP contribution >= 0.6 is 11.6 Å². The molecule has 3 heterocycles. The molecule has 0 spiro atoms. The number of aromatic nitrogens is 4. The molecule has 1 aliphatic heterocycles. The summed E-state index contributed by atoms with van der Waals surface area (Å²) in [5.74, 6) is 1.00. The van der Waals surface area contributed by atoms with Gasteiger partial charge in [-0.25, -0.2) is 9.67 Å². The number of halogens is 1. The van der Waals surface area contributed by atoms with E-state index < -0.39 is 0 Å². The largest absolute Gasteiger partial charge is 0.383 e. The van der Waals surface area contributed by atoms with Gasteiger partial charge in [0.25, 0.3) is 0 Å². The van der Waals surface area contributed by atoms with Crippen molar-refractivity contribution in [3.63, 3.8) is 0 Å². The minimum Gasteiger partial charge on any atom is -0.383 e. The number of nitrogens with one attached hydrogen (secondary N) is 1. The summed E-state index contributed by atoms with van der Waals surface area (Å²) in [4.78, 5) is 9.42. The molecule has 3 N–H and O–H groups in total. The number of ether oxygens (including phenoxy) is 1. The third-order valence-electron chi connectivity index (χ3n) is 5.46. The van der Waals surface area contributed by atoms with Crippen molar-refractivity contribution in [2.24, 2.45) is 0 Å². The van der Waals surface area contributed by atoms with Crippen molar-refractivity contribution in [1.82, 2.24) is 19.7 Å². The first-order chi connectivity index (χ1) is 15.2. The van der Waals surface area contributed by atoms with E-state index in [4.69, 9.17) is 32.2 Å². The quantitative estimate of drug-likeness (QED) is 0.468. The molecule has 1 fully saturated rings. The van der Waals surface area contributed by atoms with Gasteiger partial charge in [0.1, 0.15) is 5.82 Å². The number of nitrogen functional groups attached to an aromatic ring is 1. The molecule has 31 heavy (non-hydrogen) atoms. The van der Waals surface area contributed by atoms with E-state index in [0.29, 0.717) is 46.6 Å². The first-order valence-corrected chi connectivity index (χ1v) is 10.7. The smallest absolute Gasteiger partial charge is 0.225 e. The molecule has 1 saturated heterocycles. The minimum absolute atomic E-state index is 0.170. The Bertz CT molecular complexity index is 1200.